The van der Waals surface area contributed by atoms with Crippen molar-refractivity contribution in [2.45, 2.75) is 24.3 Å². The van der Waals surface area contributed by atoms with Crippen molar-refractivity contribution in [2.24, 2.45) is 0 Å². The van der Waals surface area contributed by atoms with E-state index in [9.17, 15) is 4.21 Å². The Morgan fingerprint density at radius 1 is 1.44 bits per heavy atom. The van der Waals surface area contributed by atoms with Crippen LogP contribution in [0.2, 0.25) is 0 Å². The molecular formula is C11H13NaO3S. The first-order valence-corrected chi connectivity index (χ1v) is 5.72. The Kier molecular flexibility index (Phi) is 4.37. The topological polar surface area (TPSA) is 46.5 Å². The van der Waals surface area contributed by atoms with Gasteiger partial charge in [-0.05, 0) is 38.1 Å². The van der Waals surface area contributed by atoms with Crippen LogP contribution in [0.15, 0.2) is 29.2 Å². The normalized spacial score (nSPS) is 17.9. The summed E-state index contributed by atoms with van der Waals surface area (Å²) in [5, 5.41) is 0. The van der Waals surface area contributed by atoms with Crippen LogP contribution >= 0.6 is 0 Å². The molecule has 0 amide bonds. The van der Waals surface area contributed by atoms with E-state index >= 15 is 0 Å². The summed E-state index contributed by atoms with van der Waals surface area (Å²) in [6.07, 6.45) is 3.84. The van der Waals surface area contributed by atoms with E-state index in [4.69, 9.17) is 9.29 Å². The third-order valence-electron chi connectivity index (χ3n) is 2.22. The summed E-state index contributed by atoms with van der Waals surface area (Å²) in [4.78, 5) is 0.390. The van der Waals surface area contributed by atoms with Gasteiger partial charge in [-0.25, -0.2) is 4.21 Å². The van der Waals surface area contributed by atoms with Gasteiger partial charge in [0.1, 0.15) is 11.4 Å². The zero-order valence-electron chi connectivity index (χ0n) is 10.6. The minimum absolute atomic E-state index is 0. The van der Waals surface area contributed by atoms with Crippen molar-refractivity contribution in [3.63, 3.8) is 0 Å². The third kappa shape index (κ3) is 2.96. The summed E-state index contributed by atoms with van der Waals surface area (Å²) in [6.45, 7) is 3.93. The average Bonchev–Trinajstić information content (AvgIpc) is 2.15. The molecule has 82 valence electrons. The number of fused-ring (bicyclic) bond motifs is 1. The minimum Gasteiger partial charge on any atom is -1.00 e. The summed E-state index contributed by atoms with van der Waals surface area (Å²) in [5.74, 6) is 0.747. The van der Waals surface area contributed by atoms with Crippen LogP contribution < -0.4 is 34.3 Å². The molecule has 0 aromatic heterocycles. The molecule has 16 heavy (non-hydrogen) atoms. The third-order valence-corrected chi connectivity index (χ3v) is 2.88. The van der Waals surface area contributed by atoms with Gasteiger partial charge in [-0.1, -0.05) is 6.08 Å². The van der Waals surface area contributed by atoms with Gasteiger partial charge < -0.3 is 10.7 Å². The molecule has 1 atom stereocenters. The van der Waals surface area contributed by atoms with Crippen molar-refractivity contribution in [3.05, 3.63) is 29.8 Å². The monoisotopic (exact) mass is 248 g/mol. The van der Waals surface area contributed by atoms with Gasteiger partial charge in [0.05, 0.1) is 4.90 Å². The molecule has 0 radical (unpaired) electrons. The van der Waals surface area contributed by atoms with E-state index in [1.54, 1.807) is 18.2 Å². The summed E-state index contributed by atoms with van der Waals surface area (Å²) in [7, 11) is 0. The number of hydrogen-bond donors (Lipinski definition) is 1. The molecule has 1 aliphatic rings. The van der Waals surface area contributed by atoms with Crippen molar-refractivity contribution in [1.82, 2.24) is 0 Å². The largest absolute Gasteiger partial charge is 1.00 e. The van der Waals surface area contributed by atoms with E-state index in [0.717, 1.165) is 11.3 Å². The molecule has 0 spiro atoms. The Labute approximate surface area is 121 Å². The second-order valence-electron chi connectivity index (χ2n) is 3.99. The number of ether oxygens (including phenoxy) is 1. The molecule has 0 saturated heterocycles. The Bertz CT molecular complexity index is 460. The molecular weight excluding hydrogens is 235 g/mol. The van der Waals surface area contributed by atoms with E-state index in [1.165, 1.54) is 0 Å². The van der Waals surface area contributed by atoms with Gasteiger partial charge in [-0.2, -0.15) is 0 Å². The van der Waals surface area contributed by atoms with Crippen LogP contribution in [-0.4, -0.2) is 14.4 Å². The Morgan fingerprint density at radius 2 is 2.12 bits per heavy atom. The maximum Gasteiger partial charge on any atom is 1.00 e. The van der Waals surface area contributed by atoms with Crippen LogP contribution in [-0.2, 0) is 11.1 Å². The second kappa shape index (κ2) is 5.02. The van der Waals surface area contributed by atoms with E-state index in [1.807, 2.05) is 26.0 Å². The molecule has 0 bridgehead atoms. The van der Waals surface area contributed by atoms with E-state index in [0.29, 0.717) is 4.90 Å². The first-order chi connectivity index (χ1) is 6.98. The smallest absolute Gasteiger partial charge is 1.00 e. The van der Waals surface area contributed by atoms with Crippen molar-refractivity contribution >= 4 is 17.2 Å². The van der Waals surface area contributed by atoms with Gasteiger partial charge in [0.2, 0.25) is 0 Å². The van der Waals surface area contributed by atoms with Crippen LogP contribution in [0.3, 0.4) is 0 Å². The summed E-state index contributed by atoms with van der Waals surface area (Å²) >= 11 is -1.94. The standard InChI is InChI=1S/C11H12O3S.Na.H/c1-11(2)6-5-8-7-9(15(12)13)3-4-10(8)14-11;;/h3-7H,1-2H3,(H,12,13);;/q;+1;-1. The number of rotatable bonds is 1. The van der Waals surface area contributed by atoms with Crippen LogP contribution in [0.1, 0.15) is 20.8 Å². The van der Waals surface area contributed by atoms with Gasteiger partial charge >= 0.3 is 29.6 Å². The quantitative estimate of drug-likeness (QED) is 0.542. The Balaban J connectivity index is 0.00000128. The van der Waals surface area contributed by atoms with Gasteiger partial charge in [0.15, 0.2) is 11.1 Å². The van der Waals surface area contributed by atoms with Crippen molar-refractivity contribution in [3.8, 4) is 5.75 Å². The van der Waals surface area contributed by atoms with Crippen LogP contribution in [0.25, 0.3) is 6.08 Å². The molecule has 1 aromatic rings. The van der Waals surface area contributed by atoms with Gasteiger partial charge in [0, 0.05) is 5.56 Å². The first-order valence-electron chi connectivity index (χ1n) is 4.61. The SMILES string of the molecule is CC1(C)C=Cc2cc(S(=O)O)ccc2O1.[H-].[Na+]. The molecule has 0 saturated carbocycles. The van der Waals surface area contributed by atoms with Gasteiger partial charge in [0.25, 0.3) is 0 Å². The Hall–Kier alpha value is -0.130. The molecule has 0 fully saturated rings. The van der Waals surface area contributed by atoms with Crippen molar-refractivity contribution in [2.75, 3.05) is 0 Å². The maximum absolute atomic E-state index is 10.9. The summed E-state index contributed by atoms with van der Waals surface area (Å²) in [5.41, 5.74) is 0.529. The molecule has 2 rings (SSSR count). The number of hydrogen-bond acceptors (Lipinski definition) is 2. The van der Waals surface area contributed by atoms with Crippen LogP contribution in [0.5, 0.6) is 5.75 Å². The molecule has 5 heteroatoms. The van der Waals surface area contributed by atoms with Crippen molar-refractivity contribution < 1.29 is 44.5 Å². The van der Waals surface area contributed by atoms with Gasteiger partial charge in [-0.3, -0.25) is 0 Å². The average molecular weight is 248 g/mol. The second-order valence-corrected chi connectivity index (χ2v) is 4.96. The molecule has 1 heterocycles. The van der Waals surface area contributed by atoms with E-state index in [2.05, 4.69) is 0 Å². The summed E-state index contributed by atoms with van der Waals surface area (Å²) in [6, 6.07) is 4.99. The molecule has 1 aromatic carbocycles. The zero-order chi connectivity index (χ0) is 11.1. The van der Waals surface area contributed by atoms with E-state index in [-0.39, 0.29) is 36.6 Å². The first kappa shape index (κ1) is 13.9. The summed E-state index contributed by atoms with van der Waals surface area (Å²) < 4.78 is 25.5. The van der Waals surface area contributed by atoms with Gasteiger partial charge in [-0.15, -0.1) is 0 Å². The fourth-order valence-electron chi connectivity index (χ4n) is 1.47. The fourth-order valence-corrected chi connectivity index (χ4v) is 1.88. The maximum atomic E-state index is 10.9. The molecule has 0 aliphatic carbocycles. The zero-order valence-corrected chi connectivity index (χ0v) is 12.4. The minimum atomic E-state index is -1.94. The van der Waals surface area contributed by atoms with Crippen LogP contribution in [0, 0.1) is 0 Å². The van der Waals surface area contributed by atoms with Crippen molar-refractivity contribution in [1.29, 1.82) is 0 Å². The molecule has 1 aliphatic heterocycles. The van der Waals surface area contributed by atoms with Crippen LogP contribution in [0.4, 0.5) is 0 Å². The Morgan fingerprint density at radius 3 is 2.75 bits per heavy atom. The predicted molar refractivity (Wildman–Crippen MR) is 60.3 cm³/mol. The fraction of sp³-hybridized carbons (Fsp3) is 0.273. The predicted octanol–water partition coefficient (Wildman–Crippen LogP) is -0.432. The molecule has 1 unspecified atom stereocenters. The molecule has 1 N–H and O–H groups in total. The number of benzene rings is 1. The molecule has 3 nitrogen and oxygen atoms in total. The van der Waals surface area contributed by atoms with E-state index < -0.39 is 11.1 Å².